The average molecular weight is 318 g/mol. The Hall–Kier alpha value is 0.110. The first-order valence-corrected chi connectivity index (χ1v) is 8.87. The van der Waals surface area contributed by atoms with Gasteiger partial charge in [-0.1, -0.05) is 36.2 Å². The zero-order valence-corrected chi connectivity index (χ0v) is 13.6. The Kier molecular flexibility index (Phi) is 6.34. The van der Waals surface area contributed by atoms with Crippen LogP contribution in [0.4, 0.5) is 0 Å². The highest BCUT2D eigenvalue weighted by molar-refractivity contribution is 7.99. The normalized spacial score (nSPS) is 18.5. The number of nitrogens with one attached hydrogen (secondary N) is 1. The van der Waals surface area contributed by atoms with Crippen molar-refractivity contribution >= 4 is 35.0 Å². The summed E-state index contributed by atoms with van der Waals surface area (Å²) in [6, 6.07) is 6.33. The summed E-state index contributed by atoms with van der Waals surface area (Å²) in [6.45, 7) is 3.32. The van der Waals surface area contributed by atoms with E-state index in [-0.39, 0.29) is 0 Å². The van der Waals surface area contributed by atoms with E-state index in [1.165, 1.54) is 29.9 Å². The van der Waals surface area contributed by atoms with Gasteiger partial charge in [-0.2, -0.15) is 11.8 Å². The molecule has 1 atom stereocenters. The Balaban J connectivity index is 1.93. The number of hydrogen-bond donors (Lipinski definition) is 1. The maximum Gasteiger partial charge on any atom is 0.0595 e. The molecule has 1 nitrogen and oxygen atoms in total. The molecule has 0 aliphatic carbocycles. The van der Waals surface area contributed by atoms with Crippen molar-refractivity contribution < 1.29 is 0 Å². The van der Waals surface area contributed by atoms with Gasteiger partial charge in [0.05, 0.1) is 10.0 Å². The SMILES string of the molecule is CCC(NCC1CCSCC1)c1ccc(Cl)c(Cl)c1. The molecule has 0 amide bonds. The fourth-order valence-corrected chi connectivity index (χ4v) is 4.00. The van der Waals surface area contributed by atoms with Crippen LogP contribution in [0.2, 0.25) is 10.0 Å². The summed E-state index contributed by atoms with van der Waals surface area (Å²) in [7, 11) is 0. The predicted octanol–water partition coefficient (Wildman–Crippen LogP) is 5.18. The van der Waals surface area contributed by atoms with Crippen LogP contribution in [0.1, 0.15) is 37.8 Å². The van der Waals surface area contributed by atoms with Gasteiger partial charge >= 0.3 is 0 Å². The first-order valence-electron chi connectivity index (χ1n) is 6.96. The van der Waals surface area contributed by atoms with Crippen molar-refractivity contribution in [3.63, 3.8) is 0 Å². The molecule has 19 heavy (non-hydrogen) atoms. The van der Waals surface area contributed by atoms with E-state index in [4.69, 9.17) is 23.2 Å². The maximum absolute atomic E-state index is 6.10. The number of halogens is 2. The van der Waals surface area contributed by atoms with E-state index < -0.39 is 0 Å². The third-order valence-corrected chi connectivity index (χ3v) is 5.54. The molecule has 1 aliphatic heterocycles. The molecule has 106 valence electrons. The zero-order chi connectivity index (χ0) is 13.7. The van der Waals surface area contributed by atoms with Gasteiger partial charge in [0.25, 0.3) is 0 Å². The number of thioether (sulfide) groups is 1. The summed E-state index contributed by atoms with van der Waals surface area (Å²) >= 11 is 14.2. The molecule has 0 bridgehead atoms. The molecule has 0 saturated carbocycles. The van der Waals surface area contributed by atoms with Gasteiger partial charge < -0.3 is 5.32 Å². The predicted molar refractivity (Wildman–Crippen MR) is 87.5 cm³/mol. The van der Waals surface area contributed by atoms with Gasteiger partial charge in [0.15, 0.2) is 0 Å². The molecule has 0 aromatic heterocycles. The van der Waals surface area contributed by atoms with Gasteiger partial charge in [-0.3, -0.25) is 0 Å². The van der Waals surface area contributed by atoms with E-state index in [9.17, 15) is 0 Å². The van der Waals surface area contributed by atoms with Gasteiger partial charge in [0.2, 0.25) is 0 Å². The molecule has 1 aliphatic rings. The van der Waals surface area contributed by atoms with Crippen molar-refractivity contribution in [2.24, 2.45) is 5.92 Å². The lowest BCUT2D eigenvalue weighted by Crippen LogP contribution is -2.29. The summed E-state index contributed by atoms with van der Waals surface area (Å²) in [4.78, 5) is 0. The zero-order valence-electron chi connectivity index (χ0n) is 11.3. The van der Waals surface area contributed by atoms with Crippen molar-refractivity contribution in [3.8, 4) is 0 Å². The van der Waals surface area contributed by atoms with Crippen LogP contribution in [0.3, 0.4) is 0 Å². The van der Waals surface area contributed by atoms with Gasteiger partial charge in [0, 0.05) is 6.04 Å². The summed E-state index contributed by atoms with van der Waals surface area (Å²) in [5.41, 5.74) is 1.24. The van der Waals surface area contributed by atoms with Crippen LogP contribution in [-0.4, -0.2) is 18.1 Å². The quantitative estimate of drug-likeness (QED) is 0.803. The standard InChI is InChI=1S/C15H21Cl2NS/c1-2-15(12-3-4-13(16)14(17)9-12)18-10-11-5-7-19-8-6-11/h3-4,9,11,15,18H,2,5-8,10H2,1H3. The van der Waals surface area contributed by atoms with Crippen LogP contribution in [0.5, 0.6) is 0 Å². The van der Waals surface area contributed by atoms with Crippen LogP contribution in [0.15, 0.2) is 18.2 Å². The highest BCUT2D eigenvalue weighted by Crippen LogP contribution is 2.28. The summed E-state index contributed by atoms with van der Waals surface area (Å²) in [5.74, 6) is 3.46. The largest absolute Gasteiger partial charge is 0.310 e. The van der Waals surface area contributed by atoms with Gasteiger partial charge in [-0.15, -0.1) is 0 Å². The Labute approximate surface area is 130 Å². The molecular formula is C15H21Cl2NS. The first kappa shape index (κ1) is 15.5. The summed E-state index contributed by atoms with van der Waals surface area (Å²) in [5, 5.41) is 4.97. The van der Waals surface area contributed by atoms with Crippen LogP contribution in [0, 0.1) is 5.92 Å². The summed E-state index contributed by atoms with van der Waals surface area (Å²) in [6.07, 6.45) is 3.75. The van der Waals surface area contributed by atoms with Crippen molar-refractivity contribution in [1.82, 2.24) is 5.32 Å². The monoisotopic (exact) mass is 317 g/mol. The lowest BCUT2D eigenvalue weighted by Gasteiger charge is -2.25. The topological polar surface area (TPSA) is 12.0 Å². The molecule has 1 heterocycles. The summed E-state index contributed by atoms with van der Waals surface area (Å²) < 4.78 is 0. The lowest BCUT2D eigenvalue weighted by atomic mass is 10.00. The third-order valence-electron chi connectivity index (χ3n) is 3.75. The maximum atomic E-state index is 6.10. The molecule has 0 radical (unpaired) electrons. The second-order valence-corrected chi connectivity index (χ2v) is 7.14. The molecule has 1 fully saturated rings. The molecular weight excluding hydrogens is 297 g/mol. The Bertz CT molecular complexity index is 405. The van der Waals surface area contributed by atoms with E-state index in [1.54, 1.807) is 0 Å². The number of hydrogen-bond acceptors (Lipinski definition) is 2. The third kappa shape index (κ3) is 4.56. The smallest absolute Gasteiger partial charge is 0.0595 e. The number of rotatable bonds is 5. The second-order valence-electron chi connectivity index (χ2n) is 5.10. The van der Waals surface area contributed by atoms with Crippen LogP contribution in [0.25, 0.3) is 0 Å². The van der Waals surface area contributed by atoms with Crippen LogP contribution >= 0.6 is 35.0 Å². The molecule has 1 saturated heterocycles. The Morgan fingerprint density at radius 2 is 2.00 bits per heavy atom. The van der Waals surface area contributed by atoms with Crippen LogP contribution < -0.4 is 5.32 Å². The first-order chi connectivity index (χ1) is 9.20. The number of benzene rings is 1. The lowest BCUT2D eigenvalue weighted by molar-refractivity contribution is 0.405. The molecule has 4 heteroatoms. The van der Waals surface area contributed by atoms with Crippen molar-refractivity contribution in [3.05, 3.63) is 33.8 Å². The van der Waals surface area contributed by atoms with Crippen LogP contribution in [-0.2, 0) is 0 Å². The molecule has 1 unspecified atom stereocenters. The van der Waals surface area contributed by atoms with Crippen molar-refractivity contribution in [1.29, 1.82) is 0 Å². The van der Waals surface area contributed by atoms with E-state index in [1.807, 2.05) is 12.1 Å². The highest BCUT2D eigenvalue weighted by Gasteiger charge is 2.16. The minimum atomic E-state index is 0.379. The highest BCUT2D eigenvalue weighted by atomic mass is 35.5. The average Bonchev–Trinajstić information content (AvgIpc) is 2.44. The van der Waals surface area contributed by atoms with Crippen molar-refractivity contribution in [2.45, 2.75) is 32.2 Å². The minimum absolute atomic E-state index is 0.379. The van der Waals surface area contributed by atoms with Crippen molar-refractivity contribution in [2.75, 3.05) is 18.1 Å². The Morgan fingerprint density at radius 3 is 2.63 bits per heavy atom. The van der Waals surface area contributed by atoms with E-state index in [0.717, 1.165) is 18.9 Å². The minimum Gasteiger partial charge on any atom is -0.310 e. The fraction of sp³-hybridized carbons (Fsp3) is 0.600. The van der Waals surface area contributed by atoms with Gasteiger partial charge in [0.1, 0.15) is 0 Å². The van der Waals surface area contributed by atoms with Gasteiger partial charge in [-0.05, 0) is 60.9 Å². The van der Waals surface area contributed by atoms with E-state index >= 15 is 0 Å². The second kappa shape index (κ2) is 7.78. The molecule has 1 aromatic carbocycles. The molecule has 0 spiro atoms. The molecule has 2 rings (SSSR count). The van der Waals surface area contributed by atoms with E-state index in [0.29, 0.717) is 16.1 Å². The van der Waals surface area contributed by atoms with E-state index in [2.05, 4.69) is 30.1 Å². The molecule has 1 N–H and O–H groups in total. The fourth-order valence-electron chi connectivity index (χ4n) is 2.49. The van der Waals surface area contributed by atoms with Gasteiger partial charge in [-0.25, -0.2) is 0 Å². The molecule has 1 aromatic rings. The Morgan fingerprint density at radius 1 is 1.26 bits per heavy atom.